The van der Waals surface area contributed by atoms with Gasteiger partial charge in [-0.3, -0.25) is 0 Å². The summed E-state index contributed by atoms with van der Waals surface area (Å²) in [5, 5.41) is 19.9. The molecule has 2 rings (SSSR count). The van der Waals surface area contributed by atoms with Crippen molar-refractivity contribution in [3.8, 4) is 6.07 Å². The minimum absolute atomic E-state index is 0.614. The molecule has 0 aliphatic carbocycles. The molecule has 1 aromatic heterocycles. The Bertz CT molecular complexity index is 565. The van der Waals surface area contributed by atoms with Gasteiger partial charge in [-0.1, -0.05) is 0 Å². The van der Waals surface area contributed by atoms with Crippen LogP contribution in [0.4, 0.5) is 5.69 Å². The van der Waals surface area contributed by atoms with E-state index in [1.54, 1.807) is 12.4 Å². The second-order valence-electron chi connectivity index (χ2n) is 3.85. The number of aryl methyl sites for hydroxylation is 2. The number of nitrogens with zero attached hydrogens (tertiary/aromatic N) is 4. The van der Waals surface area contributed by atoms with Crippen LogP contribution in [0.5, 0.6) is 0 Å². The van der Waals surface area contributed by atoms with E-state index in [4.69, 9.17) is 5.26 Å². The summed E-state index contributed by atoms with van der Waals surface area (Å²) in [4.78, 5) is 0. The predicted molar refractivity (Wildman–Crippen MR) is 64.2 cm³/mol. The molecule has 0 fully saturated rings. The number of hydrogen-bond donors (Lipinski definition) is 1. The van der Waals surface area contributed by atoms with E-state index in [1.165, 1.54) is 0 Å². The van der Waals surface area contributed by atoms with E-state index in [0.29, 0.717) is 12.1 Å². The smallest absolute Gasteiger partial charge is 0.151 e. The maximum Gasteiger partial charge on any atom is 0.151 e. The van der Waals surface area contributed by atoms with Crippen molar-refractivity contribution < 1.29 is 0 Å². The monoisotopic (exact) mass is 227 g/mol. The molecule has 86 valence electrons. The summed E-state index contributed by atoms with van der Waals surface area (Å²) in [6.07, 6.45) is 1.67. The lowest BCUT2D eigenvalue weighted by molar-refractivity contribution is 0.812. The number of anilines is 1. The number of rotatable bonds is 3. The zero-order chi connectivity index (χ0) is 12.3. The summed E-state index contributed by atoms with van der Waals surface area (Å²) >= 11 is 0. The summed E-state index contributed by atoms with van der Waals surface area (Å²) in [7, 11) is 1.91. The molecule has 0 spiro atoms. The fourth-order valence-corrected chi connectivity index (χ4v) is 1.57. The SMILES string of the molecule is Cc1cc(C#N)ccc1NCc1nncn1C. The van der Waals surface area contributed by atoms with Crippen molar-refractivity contribution in [1.82, 2.24) is 14.8 Å². The second kappa shape index (κ2) is 4.66. The van der Waals surface area contributed by atoms with Crippen LogP contribution in [0.15, 0.2) is 24.5 Å². The number of nitriles is 1. The first-order valence-electron chi connectivity index (χ1n) is 5.28. The zero-order valence-corrected chi connectivity index (χ0v) is 9.81. The molecule has 0 unspecified atom stereocenters. The minimum Gasteiger partial charge on any atom is -0.378 e. The molecule has 5 heteroatoms. The van der Waals surface area contributed by atoms with Gasteiger partial charge in [0.25, 0.3) is 0 Å². The number of nitrogens with one attached hydrogen (secondary N) is 1. The Morgan fingerprint density at radius 3 is 2.88 bits per heavy atom. The van der Waals surface area contributed by atoms with Gasteiger partial charge in [0, 0.05) is 12.7 Å². The second-order valence-corrected chi connectivity index (χ2v) is 3.85. The Kier molecular flexibility index (Phi) is 3.06. The van der Waals surface area contributed by atoms with Crippen molar-refractivity contribution in [1.29, 1.82) is 5.26 Å². The van der Waals surface area contributed by atoms with Crippen LogP contribution in [0.2, 0.25) is 0 Å². The van der Waals surface area contributed by atoms with Crippen molar-refractivity contribution in [2.24, 2.45) is 7.05 Å². The summed E-state index contributed by atoms with van der Waals surface area (Å²) in [6, 6.07) is 7.68. The first-order chi connectivity index (χ1) is 8.20. The fraction of sp³-hybridized carbons (Fsp3) is 0.250. The maximum absolute atomic E-state index is 8.78. The molecule has 1 aromatic carbocycles. The van der Waals surface area contributed by atoms with Crippen LogP contribution < -0.4 is 5.32 Å². The summed E-state index contributed by atoms with van der Waals surface area (Å²) in [5.41, 5.74) is 2.73. The van der Waals surface area contributed by atoms with Gasteiger partial charge < -0.3 is 9.88 Å². The fourth-order valence-electron chi connectivity index (χ4n) is 1.57. The number of hydrogen-bond acceptors (Lipinski definition) is 4. The van der Waals surface area contributed by atoms with Gasteiger partial charge in [0.15, 0.2) is 5.82 Å². The average Bonchev–Trinajstić information content (AvgIpc) is 2.73. The Morgan fingerprint density at radius 1 is 1.47 bits per heavy atom. The van der Waals surface area contributed by atoms with Crippen molar-refractivity contribution in [3.63, 3.8) is 0 Å². The van der Waals surface area contributed by atoms with E-state index in [0.717, 1.165) is 17.1 Å². The molecule has 1 heterocycles. The standard InChI is InChI=1S/C12H13N5/c1-9-5-10(6-13)3-4-11(9)14-7-12-16-15-8-17(12)2/h3-5,8,14H,7H2,1-2H3. The van der Waals surface area contributed by atoms with Gasteiger partial charge in [-0.2, -0.15) is 5.26 Å². The predicted octanol–water partition coefficient (Wildman–Crippen LogP) is 1.61. The van der Waals surface area contributed by atoms with Crippen LogP contribution in [-0.2, 0) is 13.6 Å². The van der Waals surface area contributed by atoms with Crippen molar-refractivity contribution in [2.75, 3.05) is 5.32 Å². The largest absolute Gasteiger partial charge is 0.378 e. The third-order valence-electron chi connectivity index (χ3n) is 2.60. The lowest BCUT2D eigenvalue weighted by atomic mass is 10.1. The highest BCUT2D eigenvalue weighted by Gasteiger charge is 2.02. The van der Waals surface area contributed by atoms with E-state index >= 15 is 0 Å². The molecule has 0 saturated carbocycles. The van der Waals surface area contributed by atoms with Crippen LogP contribution >= 0.6 is 0 Å². The van der Waals surface area contributed by atoms with Crippen LogP contribution in [0.25, 0.3) is 0 Å². The molecule has 0 aliphatic rings. The van der Waals surface area contributed by atoms with E-state index in [9.17, 15) is 0 Å². The topological polar surface area (TPSA) is 66.5 Å². The Morgan fingerprint density at radius 2 is 2.29 bits per heavy atom. The zero-order valence-electron chi connectivity index (χ0n) is 9.81. The first-order valence-corrected chi connectivity index (χ1v) is 5.28. The van der Waals surface area contributed by atoms with Crippen LogP contribution in [0, 0.1) is 18.3 Å². The summed E-state index contributed by atoms with van der Waals surface area (Å²) in [6.45, 7) is 2.59. The molecule has 17 heavy (non-hydrogen) atoms. The number of aromatic nitrogens is 3. The van der Waals surface area contributed by atoms with Gasteiger partial charge in [0.05, 0.1) is 18.2 Å². The van der Waals surface area contributed by atoms with Crippen molar-refractivity contribution >= 4 is 5.69 Å². The Labute approximate surface area is 99.7 Å². The van der Waals surface area contributed by atoms with Crippen molar-refractivity contribution in [3.05, 3.63) is 41.5 Å². The third-order valence-corrected chi connectivity index (χ3v) is 2.60. The first kappa shape index (κ1) is 11.1. The quantitative estimate of drug-likeness (QED) is 0.865. The van der Waals surface area contributed by atoms with E-state index < -0.39 is 0 Å². The Balaban J connectivity index is 2.10. The van der Waals surface area contributed by atoms with Gasteiger partial charge in [-0.15, -0.1) is 10.2 Å². The highest BCUT2D eigenvalue weighted by Crippen LogP contribution is 2.16. The van der Waals surface area contributed by atoms with E-state index in [-0.39, 0.29) is 0 Å². The lowest BCUT2D eigenvalue weighted by Crippen LogP contribution is -2.06. The number of benzene rings is 1. The molecule has 0 radical (unpaired) electrons. The molecule has 0 atom stereocenters. The third kappa shape index (κ3) is 2.42. The molecule has 0 aliphatic heterocycles. The van der Waals surface area contributed by atoms with E-state index in [1.807, 2.05) is 30.7 Å². The van der Waals surface area contributed by atoms with Gasteiger partial charge in [0.1, 0.15) is 6.33 Å². The average molecular weight is 227 g/mol. The highest BCUT2D eigenvalue weighted by atomic mass is 15.3. The molecule has 1 N–H and O–H groups in total. The molecule has 2 aromatic rings. The molecular weight excluding hydrogens is 214 g/mol. The van der Waals surface area contributed by atoms with Gasteiger partial charge in [0.2, 0.25) is 0 Å². The van der Waals surface area contributed by atoms with Crippen LogP contribution in [-0.4, -0.2) is 14.8 Å². The summed E-state index contributed by atoms with van der Waals surface area (Å²) in [5.74, 6) is 0.869. The molecule has 0 saturated heterocycles. The molecule has 0 amide bonds. The molecule has 5 nitrogen and oxygen atoms in total. The lowest BCUT2D eigenvalue weighted by Gasteiger charge is -2.08. The Hall–Kier alpha value is -2.35. The summed E-state index contributed by atoms with van der Waals surface area (Å²) < 4.78 is 1.87. The van der Waals surface area contributed by atoms with Gasteiger partial charge >= 0.3 is 0 Å². The van der Waals surface area contributed by atoms with Crippen LogP contribution in [0.1, 0.15) is 17.0 Å². The van der Waals surface area contributed by atoms with Gasteiger partial charge in [-0.25, -0.2) is 0 Å². The van der Waals surface area contributed by atoms with Crippen molar-refractivity contribution in [2.45, 2.75) is 13.5 Å². The van der Waals surface area contributed by atoms with Gasteiger partial charge in [-0.05, 0) is 30.7 Å². The molecular formula is C12H13N5. The minimum atomic E-state index is 0.614. The maximum atomic E-state index is 8.78. The molecule has 0 bridgehead atoms. The normalized spacial score (nSPS) is 9.94. The van der Waals surface area contributed by atoms with E-state index in [2.05, 4.69) is 21.6 Å². The van der Waals surface area contributed by atoms with Crippen LogP contribution in [0.3, 0.4) is 0 Å². The highest BCUT2D eigenvalue weighted by molar-refractivity contribution is 5.53.